The van der Waals surface area contributed by atoms with Gasteiger partial charge in [0.2, 0.25) is 0 Å². The van der Waals surface area contributed by atoms with Crippen molar-refractivity contribution in [1.29, 1.82) is 0 Å². The summed E-state index contributed by atoms with van der Waals surface area (Å²) in [6.45, 7) is 6.80. The van der Waals surface area contributed by atoms with E-state index in [9.17, 15) is 9.90 Å². The lowest BCUT2D eigenvalue weighted by molar-refractivity contribution is -0.136. The number of hydrogen-bond donors (Lipinski definition) is 1. The topological polar surface area (TPSA) is 46.5 Å². The number of allylic oxidation sites excluding steroid dienone is 4. The Morgan fingerprint density at radius 1 is 1.31 bits per heavy atom. The standard InChI is InChI=1S/C10H12O3/c1-4-6-8(10(12)13-3)9(11)7-5-2/h4-7,11H,1-2H2,3H3/b8-6+,9-7+. The van der Waals surface area contributed by atoms with Crippen molar-refractivity contribution in [1.82, 2.24) is 0 Å². The zero-order valence-corrected chi connectivity index (χ0v) is 7.49. The minimum absolute atomic E-state index is 0.0531. The average Bonchev–Trinajstić information content (AvgIpc) is 2.13. The minimum Gasteiger partial charge on any atom is -0.507 e. The smallest absolute Gasteiger partial charge is 0.341 e. The highest BCUT2D eigenvalue weighted by molar-refractivity contribution is 5.92. The van der Waals surface area contributed by atoms with Crippen LogP contribution in [-0.4, -0.2) is 18.2 Å². The van der Waals surface area contributed by atoms with Crippen molar-refractivity contribution in [3.05, 3.63) is 48.8 Å². The van der Waals surface area contributed by atoms with Gasteiger partial charge in [0, 0.05) is 0 Å². The van der Waals surface area contributed by atoms with Crippen LogP contribution < -0.4 is 0 Å². The molecule has 0 amide bonds. The Morgan fingerprint density at radius 3 is 2.23 bits per heavy atom. The molecule has 0 saturated heterocycles. The van der Waals surface area contributed by atoms with Crippen LogP contribution in [-0.2, 0) is 9.53 Å². The summed E-state index contributed by atoms with van der Waals surface area (Å²) in [5.74, 6) is -0.808. The molecule has 70 valence electrons. The number of ether oxygens (including phenoxy) is 1. The number of carbonyl (C=O) groups is 1. The number of rotatable bonds is 4. The van der Waals surface area contributed by atoms with E-state index in [1.807, 2.05) is 0 Å². The summed E-state index contributed by atoms with van der Waals surface area (Å²) in [5, 5.41) is 9.31. The maximum absolute atomic E-state index is 11.0. The van der Waals surface area contributed by atoms with Crippen LogP contribution in [0, 0.1) is 0 Å². The predicted molar refractivity (Wildman–Crippen MR) is 51.2 cm³/mol. The first-order chi connectivity index (χ1) is 6.17. The molecule has 3 heteroatoms. The fourth-order valence-electron chi connectivity index (χ4n) is 0.687. The van der Waals surface area contributed by atoms with Gasteiger partial charge in [0.15, 0.2) is 0 Å². The van der Waals surface area contributed by atoms with Crippen LogP contribution in [0.25, 0.3) is 0 Å². The summed E-state index contributed by atoms with van der Waals surface area (Å²) in [7, 11) is 1.24. The van der Waals surface area contributed by atoms with Gasteiger partial charge in [0.05, 0.1) is 7.11 Å². The van der Waals surface area contributed by atoms with Crippen molar-refractivity contribution < 1.29 is 14.6 Å². The Kier molecular flexibility index (Phi) is 5.03. The summed E-state index contributed by atoms with van der Waals surface area (Å²) in [6, 6.07) is 0. The van der Waals surface area contributed by atoms with Gasteiger partial charge in [-0.2, -0.15) is 0 Å². The van der Waals surface area contributed by atoms with Crippen molar-refractivity contribution in [2.24, 2.45) is 0 Å². The van der Waals surface area contributed by atoms with E-state index in [-0.39, 0.29) is 11.3 Å². The van der Waals surface area contributed by atoms with E-state index in [4.69, 9.17) is 0 Å². The van der Waals surface area contributed by atoms with Crippen LogP contribution in [0.4, 0.5) is 0 Å². The average molecular weight is 180 g/mol. The number of esters is 1. The fourth-order valence-corrected chi connectivity index (χ4v) is 0.687. The SMILES string of the molecule is C=C/C=C(O)\C(=C/C=C)C(=O)OC. The first kappa shape index (κ1) is 11.2. The Bertz CT molecular complexity index is 272. The van der Waals surface area contributed by atoms with Crippen LogP contribution >= 0.6 is 0 Å². The lowest BCUT2D eigenvalue weighted by Gasteiger charge is -2.02. The van der Waals surface area contributed by atoms with Gasteiger partial charge >= 0.3 is 5.97 Å². The number of aliphatic hydroxyl groups is 1. The molecular weight excluding hydrogens is 168 g/mol. The first-order valence-corrected chi connectivity index (χ1v) is 3.60. The molecule has 0 spiro atoms. The fraction of sp³-hybridized carbons (Fsp3) is 0.100. The highest BCUT2D eigenvalue weighted by atomic mass is 16.5. The van der Waals surface area contributed by atoms with E-state index in [2.05, 4.69) is 17.9 Å². The van der Waals surface area contributed by atoms with Crippen LogP contribution in [0.1, 0.15) is 0 Å². The molecule has 0 aromatic heterocycles. The summed E-state index contributed by atoms with van der Waals surface area (Å²) < 4.78 is 4.44. The van der Waals surface area contributed by atoms with Gasteiger partial charge in [-0.1, -0.05) is 25.3 Å². The second kappa shape index (κ2) is 5.83. The van der Waals surface area contributed by atoms with E-state index in [1.165, 1.54) is 31.4 Å². The van der Waals surface area contributed by atoms with Gasteiger partial charge in [-0.25, -0.2) is 4.79 Å². The molecule has 13 heavy (non-hydrogen) atoms. The zero-order chi connectivity index (χ0) is 10.3. The van der Waals surface area contributed by atoms with Crippen LogP contribution in [0.15, 0.2) is 48.8 Å². The molecule has 0 heterocycles. The Hall–Kier alpha value is -1.77. The van der Waals surface area contributed by atoms with Crippen molar-refractivity contribution in [3.8, 4) is 0 Å². The summed E-state index contributed by atoms with van der Waals surface area (Å²) >= 11 is 0. The van der Waals surface area contributed by atoms with Crippen molar-refractivity contribution in [2.45, 2.75) is 0 Å². The lowest BCUT2D eigenvalue weighted by atomic mass is 10.2. The summed E-state index contributed by atoms with van der Waals surface area (Å²) in [6.07, 6.45) is 5.42. The molecule has 0 aromatic rings. The maximum Gasteiger partial charge on any atom is 0.341 e. The molecular formula is C10H12O3. The third kappa shape index (κ3) is 3.42. The maximum atomic E-state index is 11.0. The molecule has 0 aromatic carbocycles. The van der Waals surface area contributed by atoms with E-state index in [0.717, 1.165) is 0 Å². The number of methoxy groups -OCH3 is 1. The van der Waals surface area contributed by atoms with Gasteiger partial charge in [-0.3, -0.25) is 0 Å². The zero-order valence-electron chi connectivity index (χ0n) is 7.49. The number of aliphatic hydroxyl groups excluding tert-OH is 1. The van der Waals surface area contributed by atoms with Crippen LogP contribution in [0.3, 0.4) is 0 Å². The molecule has 0 atom stereocenters. The Balaban J connectivity index is 4.92. The van der Waals surface area contributed by atoms with E-state index in [1.54, 1.807) is 0 Å². The number of hydrogen-bond acceptors (Lipinski definition) is 3. The van der Waals surface area contributed by atoms with Crippen LogP contribution in [0.2, 0.25) is 0 Å². The minimum atomic E-state index is -0.615. The second-order valence-electron chi connectivity index (χ2n) is 2.10. The molecule has 0 aliphatic carbocycles. The van der Waals surface area contributed by atoms with E-state index >= 15 is 0 Å². The third-order valence-electron chi connectivity index (χ3n) is 1.24. The molecule has 3 nitrogen and oxygen atoms in total. The van der Waals surface area contributed by atoms with Crippen LogP contribution in [0.5, 0.6) is 0 Å². The summed E-state index contributed by atoms with van der Waals surface area (Å²) in [4.78, 5) is 11.0. The van der Waals surface area contributed by atoms with Crippen molar-refractivity contribution >= 4 is 5.97 Å². The molecule has 0 rings (SSSR count). The van der Waals surface area contributed by atoms with Gasteiger partial charge < -0.3 is 9.84 Å². The normalized spacial score (nSPS) is 12.1. The van der Waals surface area contributed by atoms with Gasteiger partial charge in [0.25, 0.3) is 0 Å². The monoisotopic (exact) mass is 180 g/mol. The molecule has 0 aliphatic heterocycles. The van der Waals surface area contributed by atoms with Crippen molar-refractivity contribution in [2.75, 3.05) is 7.11 Å². The Morgan fingerprint density at radius 2 is 1.85 bits per heavy atom. The van der Waals surface area contributed by atoms with E-state index in [0.29, 0.717) is 0 Å². The van der Waals surface area contributed by atoms with Gasteiger partial charge in [-0.15, -0.1) is 0 Å². The lowest BCUT2D eigenvalue weighted by Crippen LogP contribution is -2.06. The molecule has 1 N–H and O–H groups in total. The molecule has 0 bridgehead atoms. The van der Waals surface area contributed by atoms with E-state index < -0.39 is 5.97 Å². The molecule has 0 saturated carbocycles. The Labute approximate surface area is 77.3 Å². The van der Waals surface area contributed by atoms with Gasteiger partial charge in [-0.05, 0) is 12.2 Å². The highest BCUT2D eigenvalue weighted by Crippen LogP contribution is 2.08. The summed E-state index contributed by atoms with van der Waals surface area (Å²) in [5.41, 5.74) is 0.0531. The first-order valence-electron chi connectivity index (χ1n) is 3.60. The van der Waals surface area contributed by atoms with Crippen molar-refractivity contribution in [3.63, 3.8) is 0 Å². The number of carbonyl (C=O) groups excluding carboxylic acids is 1. The third-order valence-corrected chi connectivity index (χ3v) is 1.24. The molecule has 0 fully saturated rings. The highest BCUT2D eigenvalue weighted by Gasteiger charge is 2.12. The molecule has 0 unspecified atom stereocenters. The largest absolute Gasteiger partial charge is 0.507 e. The predicted octanol–water partition coefficient (Wildman–Crippen LogP) is 1.90. The molecule has 0 radical (unpaired) electrons. The van der Waals surface area contributed by atoms with Gasteiger partial charge in [0.1, 0.15) is 11.3 Å². The second-order valence-corrected chi connectivity index (χ2v) is 2.10. The molecule has 0 aliphatic rings. The quantitative estimate of drug-likeness (QED) is 0.311.